The lowest BCUT2D eigenvalue weighted by atomic mass is 10.3. The second-order valence-corrected chi connectivity index (χ2v) is 3.48. The summed E-state index contributed by atoms with van der Waals surface area (Å²) in [5.74, 6) is 0. The lowest BCUT2D eigenvalue weighted by Gasteiger charge is -2.17. The highest BCUT2D eigenvalue weighted by Crippen LogP contribution is 2.10. The van der Waals surface area contributed by atoms with Gasteiger partial charge in [0.25, 0.3) is 0 Å². The van der Waals surface area contributed by atoms with Crippen LogP contribution >= 0.6 is 0 Å². The van der Waals surface area contributed by atoms with Crippen LogP contribution in [0.5, 0.6) is 0 Å². The first-order valence-corrected chi connectivity index (χ1v) is 5.26. The maximum Gasteiger partial charge on any atom is 0.176 e. The van der Waals surface area contributed by atoms with E-state index in [0.29, 0.717) is 0 Å². The zero-order valence-electron chi connectivity index (χ0n) is 10.1. The summed E-state index contributed by atoms with van der Waals surface area (Å²) in [7, 11) is 5.30. The van der Waals surface area contributed by atoms with E-state index < -0.39 is 0 Å². The molecule has 0 aliphatic carbocycles. The molecule has 0 bridgehead atoms. The summed E-state index contributed by atoms with van der Waals surface area (Å²) in [4.78, 5) is 2.15. The summed E-state index contributed by atoms with van der Waals surface area (Å²) in [5, 5.41) is 0. The molecule has 88 valence electrons. The van der Waals surface area contributed by atoms with Crippen LogP contribution in [0.1, 0.15) is 0 Å². The molecule has 0 aliphatic heterocycles. The van der Waals surface area contributed by atoms with E-state index in [1.54, 1.807) is 14.2 Å². The van der Waals surface area contributed by atoms with Gasteiger partial charge in [0, 0.05) is 33.5 Å². The van der Waals surface area contributed by atoms with E-state index in [1.165, 1.54) is 5.69 Å². The van der Waals surface area contributed by atoms with Crippen molar-refractivity contribution in [2.45, 2.75) is 6.29 Å². The Bertz CT molecular complexity index is 307. The molecule has 0 fully saturated rings. The first-order chi connectivity index (χ1) is 7.77. The predicted molar refractivity (Wildman–Crippen MR) is 66.7 cm³/mol. The third kappa shape index (κ3) is 4.04. The molecule has 16 heavy (non-hydrogen) atoms. The predicted octanol–water partition coefficient (Wildman–Crippen LogP) is 2.30. The smallest absolute Gasteiger partial charge is 0.176 e. The van der Waals surface area contributed by atoms with Gasteiger partial charge >= 0.3 is 0 Å². The summed E-state index contributed by atoms with van der Waals surface area (Å²) in [5.41, 5.74) is 1.19. The van der Waals surface area contributed by atoms with E-state index in [4.69, 9.17) is 9.47 Å². The summed E-state index contributed by atoms with van der Waals surface area (Å²) >= 11 is 0. The minimum absolute atomic E-state index is 0.260. The van der Waals surface area contributed by atoms with Gasteiger partial charge in [0.05, 0.1) is 0 Å². The van der Waals surface area contributed by atoms with Crippen LogP contribution in [0, 0.1) is 0 Å². The fourth-order valence-electron chi connectivity index (χ4n) is 1.37. The fraction of sp³-hybridized carbons (Fsp3) is 0.385. The third-order valence-electron chi connectivity index (χ3n) is 2.33. The molecule has 0 atom stereocenters. The molecular weight excluding hydrogens is 202 g/mol. The normalized spacial score (nSPS) is 11.2. The van der Waals surface area contributed by atoms with Gasteiger partial charge in [-0.15, -0.1) is 0 Å². The molecule has 0 unspecified atom stereocenters. The molecule has 0 radical (unpaired) electrons. The quantitative estimate of drug-likeness (QED) is 0.543. The van der Waals surface area contributed by atoms with Crippen LogP contribution in [-0.4, -0.2) is 34.1 Å². The topological polar surface area (TPSA) is 21.7 Å². The van der Waals surface area contributed by atoms with Crippen molar-refractivity contribution in [1.82, 2.24) is 0 Å². The van der Waals surface area contributed by atoms with Gasteiger partial charge in [0.15, 0.2) is 6.29 Å². The molecule has 0 saturated carbocycles. The van der Waals surface area contributed by atoms with E-state index in [1.807, 2.05) is 37.4 Å². The van der Waals surface area contributed by atoms with Crippen LogP contribution in [0.15, 0.2) is 42.5 Å². The molecule has 0 saturated heterocycles. The first kappa shape index (κ1) is 12.7. The maximum atomic E-state index is 5.06. The van der Waals surface area contributed by atoms with Gasteiger partial charge in [0.1, 0.15) is 0 Å². The highest BCUT2D eigenvalue weighted by atomic mass is 16.7. The molecule has 0 amide bonds. The van der Waals surface area contributed by atoms with Crippen molar-refractivity contribution in [2.75, 3.05) is 32.7 Å². The number of para-hydroxylation sites is 1. The lowest BCUT2D eigenvalue weighted by molar-refractivity contribution is -0.0667. The van der Waals surface area contributed by atoms with Gasteiger partial charge in [-0.1, -0.05) is 24.3 Å². The number of rotatable bonds is 6. The fourth-order valence-corrected chi connectivity index (χ4v) is 1.37. The number of ether oxygens (including phenoxy) is 2. The number of nitrogens with zero attached hydrogens (tertiary/aromatic N) is 1. The van der Waals surface area contributed by atoms with E-state index in [2.05, 4.69) is 17.0 Å². The first-order valence-electron chi connectivity index (χ1n) is 5.26. The summed E-state index contributed by atoms with van der Waals surface area (Å²) < 4.78 is 10.1. The molecule has 0 N–H and O–H groups in total. The number of likely N-dealkylation sites (N-methyl/N-ethyl adjacent to an activating group) is 1. The Morgan fingerprint density at radius 2 is 1.81 bits per heavy atom. The van der Waals surface area contributed by atoms with Crippen molar-refractivity contribution in [3.05, 3.63) is 42.5 Å². The Morgan fingerprint density at radius 1 is 1.19 bits per heavy atom. The molecule has 1 rings (SSSR count). The van der Waals surface area contributed by atoms with Crippen molar-refractivity contribution in [3.63, 3.8) is 0 Å². The van der Waals surface area contributed by atoms with E-state index >= 15 is 0 Å². The monoisotopic (exact) mass is 221 g/mol. The van der Waals surface area contributed by atoms with Gasteiger partial charge in [-0.05, 0) is 18.2 Å². The van der Waals surface area contributed by atoms with Gasteiger partial charge in [0.2, 0.25) is 0 Å². The molecule has 1 aromatic rings. The minimum Gasteiger partial charge on any atom is -0.371 e. The molecule has 0 spiro atoms. The average molecular weight is 221 g/mol. The molecule has 0 aliphatic rings. The molecule has 3 heteroatoms. The van der Waals surface area contributed by atoms with Crippen molar-refractivity contribution >= 4 is 5.69 Å². The largest absolute Gasteiger partial charge is 0.371 e. The standard InChI is InChI=1S/C13H19NO2/c1-14(12-8-5-4-6-9-12)11-7-10-13(15-2)16-3/h4-10,13H,11H2,1-3H3/b10-7+. The number of hydrogen-bond donors (Lipinski definition) is 0. The maximum absolute atomic E-state index is 5.06. The van der Waals surface area contributed by atoms with Crippen LogP contribution in [0.2, 0.25) is 0 Å². The molecule has 0 heterocycles. The highest BCUT2D eigenvalue weighted by Gasteiger charge is 1.99. The average Bonchev–Trinajstić information content (AvgIpc) is 2.35. The van der Waals surface area contributed by atoms with Crippen molar-refractivity contribution in [2.24, 2.45) is 0 Å². The zero-order chi connectivity index (χ0) is 11.8. The van der Waals surface area contributed by atoms with E-state index in [9.17, 15) is 0 Å². The van der Waals surface area contributed by atoms with Crippen LogP contribution in [0.3, 0.4) is 0 Å². The van der Waals surface area contributed by atoms with Crippen LogP contribution in [0.4, 0.5) is 5.69 Å². The Kier molecular flexibility index (Phi) is 5.61. The minimum atomic E-state index is -0.260. The third-order valence-corrected chi connectivity index (χ3v) is 2.33. The second-order valence-electron chi connectivity index (χ2n) is 3.48. The highest BCUT2D eigenvalue weighted by molar-refractivity contribution is 5.45. The van der Waals surface area contributed by atoms with Crippen LogP contribution in [0.25, 0.3) is 0 Å². The van der Waals surface area contributed by atoms with Crippen molar-refractivity contribution in [3.8, 4) is 0 Å². The number of anilines is 1. The van der Waals surface area contributed by atoms with E-state index in [0.717, 1.165) is 6.54 Å². The SMILES string of the molecule is COC(/C=C/CN(C)c1ccccc1)OC. The Hall–Kier alpha value is -1.32. The van der Waals surface area contributed by atoms with Crippen molar-refractivity contribution < 1.29 is 9.47 Å². The zero-order valence-corrected chi connectivity index (χ0v) is 10.1. The number of benzene rings is 1. The van der Waals surface area contributed by atoms with Crippen molar-refractivity contribution in [1.29, 1.82) is 0 Å². The van der Waals surface area contributed by atoms with Gasteiger partial charge < -0.3 is 14.4 Å². The second kappa shape index (κ2) is 7.04. The van der Waals surface area contributed by atoms with Gasteiger partial charge in [-0.25, -0.2) is 0 Å². The molecular formula is C13H19NO2. The molecule has 0 aromatic heterocycles. The molecule has 3 nitrogen and oxygen atoms in total. The van der Waals surface area contributed by atoms with Crippen LogP contribution < -0.4 is 4.90 Å². The van der Waals surface area contributed by atoms with E-state index in [-0.39, 0.29) is 6.29 Å². The number of hydrogen-bond acceptors (Lipinski definition) is 3. The van der Waals surface area contributed by atoms with Gasteiger partial charge in [-0.3, -0.25) is 0 Å². The Labute approximate surface area is 97.3 Å². The summed E-state index contributed by atoms with van der Waals surface area (Å²) in [6, 6.07) is 10.2. The molecule has 1 aromatic carbocycles. The Balaban J connectivity index is 2.44. The lowest BCUT2D eigenvalue weighted by Crippen LogP contribution is -2.17. The van der Waals surface area contributed by atoms with Crippen LogP contribution in [-0.2, 0) is 9.47 Å². The number of methoxy groups -OCH3 is 2. The Morgan fingerprint density at radius 3 is 2.38 bits per heavy atom. The summed E-state index contributed by atoms with van der Waals surface area (Å²) in [6.45, 7) is 0.827. The van der Waals surface area contributed by atoms with Gasteiger partial charge in [-0.2, -0.15) is 0 Å². The summed E-state index contributed by atoms with van der Waals surface area (Å²) in [6.07, 6.45) is 3.67.